The molecule has 0 aliphatic rings. The van der Waals surface area contributed by atoms with Crippen molar-refractivity contribution in [2.75, 3.05) is 6.61 Å². The first-order valence-electron chi connectivity index (χ1n) is 6.79. The standard InChI is InChI=1S/C16H13NO5/c1-3-21-15(19)11-7-10-13(22-16(11)20)9-6-8(2)4-5-12(9)17-14(10)18/h4-7H,3H2,1-2H3,(H,17,18). The number of hydrogen-bond acceptors (Lipinski definition) is 5. The lowest BCUT2D eigenvalue weighted by Crippen LogP contribution is -2.18. The highest BCUT2D eigenvalue weighted by Crippen LogP contribution is 2.21. The third-order valence-electron chi connectivity index (χ3n) is 3.36. The summed E-state index contributed by atoms with van der Waals surface area (Å²) < 4.78 is 10.0. The number of carbonyl (C=O) groups excluding carboxylic acids is 1. The number of aromatic nitrogens is 1. The van der Waals surface area contributed by atoms with Crippen molar-refractivity contribution in [3.8, 4) is 0 Å². The van der Waals surface area contributed by atoms with Crippen LogP contribution in [-0.4, -0.2) is 17.6 Å². The van der Waals surface area contributed by atoms with Crippen molar-refractivity contribution in [1.82, 2.24) is 4.98 Å². The van der Waals surface area contributed by atoms with Gasteiger partial charge in [-0.1, -0.05) is 11.6 Å². The van der Waals surface area contributed by atoms with Gasteiger partial charge < -0.3 is 14.1 Å². The van der Waals surface area contributed by atoms with E-state index < -0.39 is 17.2 Å². The number of nitrogens with one attached hydrogen (secondary N) is 1. The minimum atomic E-state index is -0.820. The number of benzene rings is 1. The highest BCUT2D eigenvalue weighted by molar-refractivity contribution is 6.03. The molecule has 0 saturated heterocycles. The Morgan fingerprint density at radius 1 is 1.23 bits per heavy atom. The van der Waals surface area contributed by atoms with Crippen molar-refractivity contribution < 1.29 is 13.9 Å². The summed E-state index contributed by atoms with van der Waals surface area (Å²) >= 11 is 0. The summed E-state index contributed by atoms with van der Waals surface area (Å²) in [6.45, 7) is 3.65. The number of aryl methyl sites for hydroxylation is 1. The number of hydrogen-bond donors (Lipinski definition) is 1. The fraction of sp³-hybridized carbons (Fsp3) is 0.188. The Balaban J connectivity index is 2.41. The van der Waals surface area contributed by atoms with Gasteiger partial charge in [0.25, 0.3) is 5.56 Å². The van der Waals surface area contributed by atoms with E-state index in [0.29, 0.717) is 10.9 Å². The molecule has 6 nitrogen and oxygen atoms in total. The smallest absolute Gasteiger partial charge is 0.351 e. The van der Waals surface area contributed by atoms with Gasteiger partial charge in [-0.2, -0.15) is 0 Å². The number of pyridine rings is 1. The molecule has 0 amide bonds. The minimum absolute atomic E-state index is 0.129. The molecule has 2 aromatic heterocycles. The predicted octanol–water partition coefficient (Wildman–Crippen LogP) is 2.12. The SMILES string of the molecule is CCOC(=O)c1cc2c(=O)[nH]c3ccc(C)cc3c2oc1=O. The number of ether oxygens (including phenoxy) is 1. The first-order chi connectivity index (χ1) is 10.5. The van der Waals surface area contributed by atoms with E-state index in [2.05, 4.69) is 4.98 Å². The van der Waals surface area contributed by atoms with Crippen LogP contribution >= 0.6 is 0 Å². The van der Waals surface area contributed by atoms with Gasteiger partial charge in [-0.15, -0.1) is 0 Å². The van der Waals surface area contributed by atoms with Gasteiger partial charge in [-0.25, -0.2) is 9.59 Å². The maximum atomic E-state index is 12.2. The topological polar surface area (TPSA) is 89.4 Å². The van der Waals surface area contributed by atoms with Gasteiger partial charge in [-0.05, 0) is 32.0 Å². The van der Waals surface area contributed by atoms with Crippen LogP contribution in [0.25, 0.3) is 21.9 Å². The van der Waals surface area contributed by atoms with Gasteiger partial charge in [0, 0.05) is 5.39 Å². The van der Waals surface area contributed by atoms with Gasteiger partial charge in [0.15, 0.2) is 5.58 Å². The zero-order valence-electron chi connectivity index (χ0n) is 12.1. The molecule has 3 rings (SSSR count). The maximum Gasteiger partial charge on any atom is 0.351 e. The molecule has 0 unspecified atom stereocenters. The summed E-state index contributed by atoms with van der Waals surface area (Å²) in [7, 11) is 0. The molecule has 0 bridgehead atoms. The Morgan fingerprint density at radius 2 is 2.00 bits per heavy atom. The molecule has 0 spiro atoms. The van der Waals surface area contributed by atoms with Crippen LogP contribution in [0.3, 0.4) is 0 Å². The summed E-state index contributed by atoms with van der Waals surface area (Å²) in [4.78, 5) is 38.6. The summed E-state index contributed by atoms with van der Waals surface area (Å²) in [5.74, 6) is -0.804. The van der Waals surface area contributed by atoms with E-state index in [1.54, 1.807) is 19.1 Å². The number of H-pyrrole nitrogens is 1. The largest absolute Gasteiger partial charge is 0.462 e. The van der Waals surface area contributed by atoms with Gasteiger partial charge in [0.2, 0.25) is 0 Å². The van der Waals surface area contributed by atoms with Crippen molar-refractivity contribution in [3.63, 3.8) is 0 Å². The summed E-state index contributed by atoms with van der Waals surface area (Å²) in [5.41, 5.74) is 0.153. The second-order valence-electron chi connectivity index (χ2n) is 4.91. The highest BCUT2D eigenvalue weighted by atomic mass is 16.5. The first kappa shape index (κ1) is 14.1. The third kappa shape index (κ3) is 2.18. The Labute approximate surface area is 124 Å². The average Bonchev–Trinajstić information content (AvgIpc) is 2.48. The van der Waals surface area contributed by atoms with Crippen LogP contribution in [0.1, 0.15) is 22.8 Å². The zero-order valence-corrected chi connectivity index (χ0v) is 12.1. The zero-order chi connectivity index (χ0) is 15.9. The minimum Gasteiger partial charge on any atom is -0.462 e. The van der Waals surface area contributed by atoms with E-state index in [-0.39, 0.29) is 23.1 Å². The lowest BCUT2D eigenvalue weighted by molar-refractivity contribution is 0.0522. The van der Waals surface area contributed by atoms with Gasteiger partial charge in [0.1, 0.15) is 5.56 Å². The quantitative estimate of drug-likeness (QED) is 0.578. The monoisotopic (exact) mass is 299 g/mol. The molecule has 1 N–H and O–H groups in total. The van der Waals surface area contributed by atoms with Crippen LogP contribution in [-0.2, 0) is 4.74 Å². The van der Waals surface area contributed by atoms with E-state index in [4.69, 9.17) is 9.15 Å². The van der Waals surface area contributed by atoms with Crippen molar-refractivity contribution in [2.24, 2.45) is 0 Å². The lowest BCUT2D eigenvalue weighted by atomic mass is 10.1. The fourth-order valence-electron chi connectivity index (χ4n) is 2.34. The predicted molar refractivity (Wildman–Crippen MR) is 81.3 cm³/mol. The summed E-state index contributed by atoms with van der Waals surface area (Å²) in [6.07, 6.45) is 0. The van der Waals surface area contributed by atoms with E-state index >= 15 is 0 Å². The van der Waals surface area contributed by atoms with Crippen LogP contribution < -0.4 is 11.2 Å². The van der Waals surface area contributed by atoms with Crippen LogP contribution in [0.2, 0.25) is 0 Å². The molecule has 0 atom stereocenters. The molecule has 0 aliphatic heterocycles. The van der Waals surface area contributed by atoms with Gasteiger partial charge in [0.05, 0.1) is 17.5 Å². The molecule has 0 fully saturated rings. The number of esters is 1. The summed E-state index contributed by atoms with van der Waals surface area (Å²) in [5, 5.41) is 0.753. The summed E-state index contributed by atoms with van der Waals surface area (Å²) in [6, 6.07) is 6.61. The second kappa shape index (κ2) is 5.14. The number of aromatic amines is 1. The second-order valence-corrected chi connectivity index (χ2v) is 4.91. The lowest BCUT2D eigenvalue weighted by Gasteiger charge is -2.05. The van der Waals surface area contributed by atoms with E-state index in [1.165, 1.54) is 6.07 Å². The first-order valence-corrected chi connectivity index (χ1v) is 6.79. The van der Waals surface area contributed by atoms with Gasteiger partial charge >= 0.3 is 11.6 Å². The molecule has 3 aromatic rings. The molecule has 1 aromatic carbocycles. The van der Waals surface area contributed by atoms with Crippen LogP contribution in [0.4, 0.5) is 0 Å². The number of carbonyl (C=O) groups is 1. The highest BCUT2D eigenvalue weighted by Gasteiger charge is 2.17. The molecule has 6 heteroatoms. The van der Waals surface area contributed by atoms with E-state index in [9.17, 15) is 14.4 Å². The van der Waals surface area contributed by atoms with Crippen molar-refractivity contribution in [3.05, 3.63) is 56.2 Å². The molecule has 0 aliphatic carbocycles. The molecular weight excluding hydrogens is 286 g/mol. The van der Waals surface area contributed by atoms with Crippen molar-refractivity contribution in [1.29, 1.82) is 0 Å². The average molecular weight is 299 g/mol. The van der Waals surface area contributed by atoms with Crippen LogP contribution in [0, 0.1) is 6.92 Å². The third-order valence-corrected chi connectivity index (χ3v) is 3.36. The van der Waals surface area contributed by atoms with Crippen LogP contribution in [0.5, 0.6) is 0 Å². The number of rotatable bonds is 2. The van der Waals surface area contributed by atoms with Crippen LogP contribution in [0.15, 0.2) is 38.3 Å². The molecular formula is C16H13NO5. The molecule has 0 saturated carbocycles. The Morgan fingerprint density at radius 3 is 2.73 bits per heavy atom. The maximum absolute atomic E-state index is 12.2. The Kier molecular flexibility index (Phi) is 3.29. The molecule has 22 heavy (non-hydrogen) atoms. The molecule has 2 heterocycles. The number of fused-ring (bicyclic) bond motifs is 3. The molecule has 0 radical (unpaired) electrons. The van der Waals surface area contributed by atoms with E-state index in [0.717, 1.165) is 5.56 Å². The Hall–Kier alpha value is -2.89. The Bertz CT molecular complexity index is 1010. The van der Waals surface area contributed by atoms with Crippen molar-refractivity contribution >= 4 is 27.8 Å². The van der Waals surface area contributed by atoms with Gasteiger partial charge in [-0.3, -0.25) is 4.79 Å². The van der Waals surface area contributed by atoms with E-state index in [1.807, 2.05) is 13.0 Å². The molecule has 112 valence electrons. The normalized spacial score (nSPS) is 11.0. The van der Waals surface area contributed by atoms with Crippen molar-refractivity contribution in [2.45, 2.75) is 13.8 Å². The fourth-order valence-corrected chi connectivity index (χ4v) is 2.34.